The highest BCUT2D eigenvalue weighted by atomic mass is 15.2. The molecule has 1 atom stereocenters. The first-order valence-electron chi connectivity index (χ1n) is 20.7. The maximum absolute atomic E-state index is 2.45. The lowest BCUT2D eigenvalue weighted by atomic mass is 9.71. The number of aryl methyl sites for hydroxylation is 1. The third kappa shape index (κ3) is 10.3. The van der Waals surface area contributed by atoms with Crippen molar-refractivity contribution in [3.05, 3.63) is 167 Å². The summed E-state index contributed by atoms with van der Waals surface area (Å²) in [6.45, 7) is 24.5. The van der Waals surface area contributed by atoms with Crippen molar-refractivity contribution < 1.29 is 0 Å². The summed E-state index contributed by atoms with van der Waals surface area (Å²) in [5.41, 5.74) is 13.7. The van der Waals surface area contributed by atoms with E-state index in [1.807, 2.05) is 27.7 Å². The lowest BCUT2D eigenvalue weighted by Gasteiger charge is -2.35. The molecule has 0 saturated heterocycles. The number of rotatable bonds is 11. The Morgan fingerprint density at radius 2 is 0.963 bits per heavy atom. The second-order valence-electron chi connectivity index (χ2n) is 15.8. The number of para-hydroxylation sites is 2. The average Bonchev–Trinajstić information content (AvgIpc) is 3.21. The maximum Gasteiger partial charge on any atom is 0.0458 e. The summed E-state index contributed by atoms with van der Waals surface area (Å²) in [5, 5.41) is 0. The van der Waals surface area contributed by atoms with E-state index in [-0.39, 0.29) is 10.8 Å². The van der Waals surface area contributed by atoms with E-state index in [1.54, 1.807) is 5.57 Å². The molecule has 0 aliphatic heterocycles. The van der Waals surface area contributed by atoms with Crippen molar-refractivity contribution in [2.75, 3.05) is 9.80 Å². The quantitative estimate of drug-likeness (QED) is 0.152. The van der Waals surface area contributed by atoms with E-state index in [2.05, 4.69) is 192 Å². The van der Waals surface area contributed by atoms with E-state index in [4.69, 9.17) is 0 Å². The van der Waals surface area contributed by atoms with Crippen molar-refractivity contribution in [1.29, 1.82) is 0 Å². The molecule has 4 aromatic rings. The molecule has 0 N–H and O–H groups in total. The summed E-state index contributed by atoms with van der Waals surface area (Å²) in [6, 6.07) is 40.1. The molecule has 286 valence electrons. The molecule has 2 heteroatoms. The first kappa shape index (κ1) is 42.2. The summed E-state index contributed by atoms with van der Waals surface area (Å²) >= 11 is 0. The van der Waals surface area contributed by atoms with Crippen LogP contribution in [0.15, 0.2) is 156 Å². The maximum atomic E-state index is 2.45. The van der Waals surface area contributed by atoms with Gasteiger partial charge in [-0.05, 0) is 127 Å². The van der Waals surface area contributed by atoms with Crippen molar-refractivity contribution in [3.8, 4) is 0 Å². The van der Waals surface area contributed by atoms with E-state index in [1.165, 1.54) is 50.8 Å². The molecule has 0 saturated carbocycles. The fourth-order valence-corrected chi connectivity index (χ4v) is 7.43. The lowest BCUT2D eigenvalue weighted by molar-refractivity contribution is 0.338. The summed E-state index contributed by atoms with van der Waals surface area (Å²) < 4.78 is 0. The minimum absolute atomic E-state index is 0.0342. The van der Waals surface area contributed by atoms with Crippen LogP contribution in [0.1, 0.15) is 119 Å². The van der Waals surface area contributed by atoms with Gasteiger partial charge in [0.2, 0.25) is 0 Å². The number of nitrogens with zero attached hydrogens (tertiary/aromatic N) is 2. The van der Waals surface area contributed by atoms with Crippen molar-refractivity contribution in [2.45, 2.75) is 120 Å². The molecule has 0 amide bonds. The van der Waals surface area contributed by atoms with Crippen molar-refractivity contribution in [1.82, 2.24) is 0 Å². The van der Waals surface area contributed by atoms with Gasteiger partial charge in [-0.15, -0.1) is 0 Å². The van der Waals surface area contributed by atoms with E-state index in [0.717, 1.165) is 38.5 Å². The van der Waals surface area contributed by atoms with Crippen LogP contribution < -0.4 is 9.80 Å². The minimum Gasteiger partial charge on any atom is -0.314 e. The fourth-order valence-electron chi connectivity index (χ4n) is 7.43. The third-order valence-corrected chi connectivity index (χ3v) is 11.2. The van der Waals surface area contributed by atoms with Gasteiger partial charge in [0.25, 0.3) is 0 Å². The van der Waals surface area contributed by atoms with Gasteiger partial charge in [0.05, 0.1) is 0 Å². The van der Waals surface area contributed by atoms with Gasteiger partial charge in [0.1, 0.15) is 0 Å². The SMILES string of the molecule is CC.CC.CCc1ccc(N(C2=CC=C(CC(C)C(C)(C)c3ccc(N(C4=CC=C(C(C)(C)C)CC4)c4ccccc4)cc3)CC2)c2ccccc2)cc1. The van der Waals surface area contributed by atoms with Gasteiger partial charge >= 0.3 is 0 Å². The second-order valence-corrected chi connectivity index (χ2v) is 15.8. The van der Waals surface area contributed by atoms with E-state index >= 15 is 0 Å². The average molecular weight is 721 g/mol. The molecule has 1 unspecified atom stereocenters. The van der Waals surface area contributed by atoms with Gasteiger partial charge in [-0.2, -0.15) is 0 Å². The van der Waals surface area contributed by atoms with Crippen LogP contribution in [0.25, 0.3) is 0 Å². The summed E-state index contributed by atoms with van der Waals surface area (Å²) in [6.07, 6.45) is 15.9. The molecule has 2 nitrogen and oxygen atoms in total. The van der Waals surface area contributed by atoms with E-state index in [0.29, 0.717) is 5.92 Å². The zero-order valence-corrected chi connectivity index (χ0v) is 35.4. The molecular weight excluding hydrogens is 653 g/mol. The van der Waals surface area contributed by atoms with Gasteiger partial charge in [0.15, 0.2) is 0 Å². The summed E-state index contributed by atoms with van der Waals surface area (Å²) in [4.78, 5) is 4.88. The summed E-state index contributed by atoms with van der Waals surface area (Å²) in [7, 11) is 0. The van der Waals surface area contributed by atoms with Crippen molar-refractivity contribution in [2.24, 2.45) is 11.3 Å². The molecule has 6 rings (SSSR count). The molecular formula is C52H68N2. The first-order chi connectivity index (χ1) is 26.0. The Kier molecular flexibility index (Phi) is 15.4. The molecule has 0 fully saturated rings. The largest absolute Gasteiger partial charge is 0.314 e. The lowest BCUT2D eigenvalue weighted by Crippen LogP contribution is -2.27. The normalized spacial score (nSPS) is 14.8. The van der Waals surface area contributed by atoms with Crippen LogP contribution in [0, 0.1) is 11.3 Å². The van der Waals surface area contributed by atoms with Crippen LogP contribution in [0.5, 0.6) is 0 Å². The number of allylic oxidation sites excluding steroid dienone is 8. The van der Waals surface area contributed by atoms with Crippen LogP contribution in [-0.4, -0.2) is 0 Å². The van der Waals surface area contributed by atoms with Gasteiger partial charge < -0.3 is 9.80 Å². The Balaban J connectivity index is 0.00000157. The third-order valence-electron chi connectivity index (χ3n) is 11.2. The standard InChI is InChI=1S/C48H56N2.2C2H6/c1-8-37-19-27-43(28-20-37)49(41-15-11-9-12-16-41)44-29-21-38(22-30-44)35-36(2)48(6,7)40-25-33-46(34-26-40)50(42-17-13-10-14-18-42)45-31-23-39(24-32-45)47(3,4)5;2*1-2/h9-21,23,25-29,31,33-34,36H,8,22,24,30,32,35H2,1-7H3;2*1-2H3. The Morgan fingerprint density at radius 1 is 0.519 bits per heavy atom. The minimum atomic E-state index is 0.0342. The topological polar surface area (TPSA) is 6.48 Å². The van der Waals surface area contributed by atoms with E-state index < -0.39 is 0 Å². The molecule has 4 aromatic carbocycles. The molecule has 0 radical (unpaired) electrons. The highest BCUT2D eigenvalue weighted by Gasteiger charge is 2.30. The number of benzene rings is 4. The molecule has 2 aliphatic carbocycles. The molecule has 2 aliphatic rings. The Morgan fingerprint density at radius 3 is 1.37 bits per heavy atom. The number of anilines is 4. The van der Waals surface area contributed by atoms with Gasteiger partial charge in [-0.25, -0.2) is 0 Å². The van der Waals surface area contributed by atoms with Crippen LogP contribution in [-0.2, 0) is 11.8 Å². The highest BCUT2D eigenvalue weighted by molar-refractivity contribution is 5.70. The smallest absolute Gasteiger partial charge is 0.0458 e. The Labute approximate surface area is 330 Å². The molecule has 0 spiro atoms. The zero-order valence-electron chi connectivity index (χ0n) is 35.4. The summed E-state index contributed by atoms with van der Waals surface area (Å²) in [5.74, 6) is 0.494. The molecule has 54 heavy (non-hydrogen) atoms. The number of hydrogen-bond acceptors (Lipinski definition) is 2. The van der Waals surface area contributed by atoms with Gasteiger partial charge in [-0.1, -0.05) is 160 Å². The van der Waals surface area contributed by atoms with Gasteiger partial charge in [-0.3, -0.25) is 0 Å². The van der Waals surface area contributed by atoms with Crippen LogP contribution in [0.4, 0.5) is 22.7 Å². The molecule has 0 aromatic heterocycles. The highest BCUT2D eigenvalue weighted by Crippen LogP contribution is 2.42. The van der Waals surface area contributed by atoms with Crippen LogP contribution >= 0.6 is 0 Å². The Bertz CT molecular complexity index is 1850. The predicted molar refractivity (Wildman–Crippen MR) is 239 cm³/mol. The predicted octanol–water partition coefficient (Wildman–Crippen LogP) is 15.8. The van der Waals surface area contributed by atoms with E-state index in [9.17, 15) is 0 Å². The fraction of sp³-hybridized carbons (Fsp3) is 0.385. The monoisotopic (exact) mass is 721 g/mol. The van der Waals surface area contributed by atoms with Crippen LogP contribution in [0.2, 0.25) is 0 Å². The van der Waals surface area contributed by atoms with Crippen LogP contribution in [0.3, 0.4) is 0 Å². The number of hydrogen-bond donors (Lipinski definition) is 0. The second kappa shape index (κ2) is 19.7. The van der Waals surface area contributed by atoms with Crippen molar-refractivity contribution in [3.63, 3.8) is 0 Å². The molecule has 0 heterocycles. The van der Waals surface area contributed by atoms with Crippen molar-refractivity contribution >= 4 is 22.7 Å². The molecule has 0 bridgehead atoms. The first-order valence-corrected chi connectivity index (χ1v) is 20.7. The van der Waals surface area contributed by atoms with Gasteiger partial charge in [0, 0.05) is 34.1 Å². The zero-order chi connectivity index (χ0) is 39.3. The Hall–Kier alpha value is -4.56.